The molecule has 0 amide bonds. The number of esters is 1. The predicted molar refractivity (Wildman–Crippen MR) is 41.5 cm³/mol. The summed E-state index contributed by atoms with van der Waals surface area (Å²) in [5.74, 6) is -2.93. The molecule has 0 fully saturated rings. The van der Waals surface area contributed by atoms with Crippen LogP contribution in [0.5, 0.6) is 0 Å². The van der Waals surface area contributed by atoms with Crippen LogP contribution in [0, 0.1) is 5.92 Å². The van der Waals surface area contributed by atoms with Crippen molar-refractivity contribution in [3.63, 3.8) is 0 Å². The van der Waals surface area contributed by atoms with Gasteiger partial charge in [0.25, 0.3) is 0 Å². The lowest BCUT2D eigenvalue weighted by Crippen LogP contribution is -2.27. The van der Waals surface area contributed by atoms with Gasteiger partial charge in [-0.15, -0.1) is 0 Å². The fourth-order valence-electron chi connectivity index (χ4n) is 0.679. The zero-order valence-corrected chi connectivity index (χ0v) is 7.42. The minimum absolute atomic E-state index is 0.217. The summed E-state index contributed by atoms with van der Waals surface area (Å²) in [5, 5.41) is 0. The van der Waals surface area contributed by atoms with E-state index in [1.165, 1.54) is 6.92 Å². The summed E-state index contributed by atoms with van der Waals surface area (Å²) >= 11 is 0. The minimum Gasteiger partial charge on any atom is -0.465 e. The van der Waals surface area contributed by atoms with Gasteiger partial charge in [0.05, 0.1) is 6.61 Å². The summed E-state index contributed by atoms with van der Waals surface area (Å²) in [7, 11) is 0. The van der Waals surface area contributed by atoms with E-state index >= 15 is 0 Å². The third-order valence-corrected chi connectivity index (χ3v) is 1.38. The van der Waals surface area contributed by atoms with Crippen molar-refractivity contribution in [3.8, 4) is 0 Å². The Bertz CT molecular complexity index is 207. The first-order valence-corrected chi connectivity index (χ1v) is 3.72. The van der Waals surface area contributed by atoms with E-state index < -0.39 is 23.5 Å². The van der Waals surface area contributed by atoms with Crippen molar-refractivity contribution in [2.75, 3.05) is 6.61 Å². The molecule has 12 heavy (non-hydrogen) atoms. The van der Waals surface area contributed by atoms with Gasteiger partial charge in [0.2, 0.25) is 5.78 Å². The quantitative estimate of drug-likeness (QED) is 0.348. The molecule has 0 bridgehead atoms. The van der Waals surface area contributed by atoms with Crippen LogP contribution in [-0.2, 0) is 19.1 Å². The first-order valence-electron chi connectivity index (χ1n) is 3.72. The molecule has 0 aliphatic rings. The number of Topliss-reactive ketones (excluding diaryl/α,β-unsaturated/α-hetero) is 2. The monoisotopic (exact) mass is 172 g/mol. The lowest BCUT2D eigenvalue weighted by Gasteiger charge is -2.06. The summed E-state index contributed by atoms with van der Waals surface area (Å²) in [6.07, 6.45) is 0. The summed E-state index contributed by atoms with van der Waals surface area (Å²) < 4.78 is 4.56. The molecule has 0 aliphatic heterocycles. The van der Waals surface area contributed by atoms with Crippen molar-refractivity contribution in [1.82, 2.24) is 0 Å². The van der Waals surface area contributed by atoms with Crippen LogP contribution in [0.3, 0.4) is 0 Å². The van der Waals surface area contributed by atoms with Gasteiger partial charge in [-0.25, -0.2) is 0 Å². The van der Waals surface area contributed by atoms with E-state index in [2.05, 4.69) is 4.74 Å². The van der Waals surface area contributed by atoms with E-state index in [0.717, 1.165) is 6.92 Å². The molecule has 4 heteroatoms. The van der Waals surface area contributed by atoms with Crippen molar-refractivity contribution in [1.29, 1.82) is 0 Å². The highest BCUT2D eigenvalue weighted by molar-refractivity contribution is 6.40. The Balaban J connectivity index is 4.19. The highest BCUT2D eigenvalue weighted by Crippen LogP contribution is 2.00. The van der Waals surface area contributed by atoms with Crippen molar-refractivity contribution >= 4 is 17.5 Å². The van der Waals surface area contributed by atoms with E-state index in [1.807, 2.05) is 0 Å². The molecule has 0 aromatic carbocycles. The molecular weight excluding hydrogens is 160 g/mol. The summed E-state index contributed by atoms with van der Waals surface area (Å²) in [4.78, 5) is 32.3. The maximum atomic E-state index is 10.9. The average Bonchev–Trinajstić information content (AvgIpc) is 2.02. The number of hydrogen-bond donors (Lipinski definition) is 0. The Morgan fingerprint density at radius 3 is 2.17 bits per heavy atom. The third kappa shape index (κ3) is 2.82. The normalized spacial score (nSPS) is 11.9. The SMILES string of the molecule is CCOC(=O)C(C)C(=O)C(C)=O. The van der Waals surface area contributed by atoms with Gasteiger partial charge in [0.15, 0.2) is 5.78 Å². The molecule has 0 aliphatic carbocycles. The molecule has 0 saturated carbocycles. The second-order valence-electron chi connectivity index (χ2n) is 2.39. The molecule has 0 rings (SSSR count). The van der Waals surface area contributed by atoms with E-state index in [-0.39, 0.29) is 6.61 Å². The van der Waals surface area contributed by atoms with Gasteiger partial charge in [0, 0.05) is 6.92 Å². The molecule has 0 heterocycles. The van der Waals surface area contributed by atoms with Crippen molar-refractivity contribution < 1.29 is 19.1 Å². The smallest absolute Gasteiger partial charge is 0.316 e. The van der Waals surface area contributed by atoms with E-state index in [4.69, 9.17) is 0 Å². The highest BCUT2D eigenvalue weighted by atomic mass is 16.5. The minimum atomic E-state index is -0.970. The fourth-order valence-corrected chi connectivity index (χ4v) is 0.679. The Labute approximate surface area is 70.9 Å². The van der Waals surface area contributed by atoms with Gasteiger partial charge in [-0.1, -0.05) is 0 Å². The van der Waals surface area contributed by atoms with Gasteiger partial charge in [0.1, 0.15) is 5.92 Å². The van der Waals surface area contributed by atoms with Crippen LogP contribution < -0.4 is 0 Å². The Hall–Kier alpha value is -1.19. The Kier molecular flexibility index (Phi) is 4.18. The standard InChI is InChI=1S/C8H12O4/c1-4-12-8(11)5(2)7(10)6(3)9/h5H,4H2,1-3H3. The molecule has 0 aromatic heterocycles. The zero-order valence-electron chi connectivity index (χ0n) is 7.42. The number of ketones is 2. The van der Waals surface area contributed by atoms with Gasteiger partial charge in [-0.3, -0.25) is 14.4 Å². The summed E-state index contributed by atoms with van der Waals surface area (Å²) in [6, 6.07) is 0. The lowest BCUT2D eigenvalue weighted by atomic mass is 10.0. The van der Waals surface area contributed by atoms with Crippen LogP contribution in [0.1, 0.15) is 20.8 Å². The van der Waals surface area contributed by atoms with Gasteiger partial charge in [-0.2, -0.15) is 0 Å². The molecule has 0 spiro atoms. The predicted octanol–water partition coefficient (Wildman–Crippen LogP) is 0.344. The molecule has 1 unspecified atom stereocenters. The maximum absolute atomic E-state index is 10.9. The lowest BCUT2D eigenvalue weighted by molar-refractivity contribution is -0.153. The van der Waals surface area contributed by atoms with Crippen LogP contribution in [0.25, 0.3) is 0 Å². The number of ether oxygens (including phenoxy) is 1. The second-order valence-corrected chi connectivity index (χ2v) is 2.39. The molecule has 1 atom stereocenters. The maximum Gasteiger partial charge on any atom is 0.316 e. The van der Waals surface area contributed by atoms with E-state index in [9.17, 15) is 14.4 Å². The van der Waals surface area contributed by atoms with Gasteiger partial charge in [-0.05, 0) is 13.8 Å². The van der Waals surface area contributed by atoms with E-state index in [0.29, 0.717) is 0 Å². The highest BCUT2D eigenvalue weighted by Gasteiger charge is 2.25. The van der Waals surface area contributed by atoms with Crippen molar-refractivity contribution in [2.24, 2.45) is 5.92 Å². The topological polar surface area (TPSA) is 60.4 Å². The van der Waals surface area contributed by atoms with Crippen LogP contribution in [-0.4, -0.2) is 24.1 Å². The van der Waals surface area contributed by atoms with Crippen LogP contribution >= 0.6 is 0 Å². The summed E-state index contributed by atoms with van der Waals surface area (Å²) in [5.41, 5.74) is 0. The Morgan fingerprint density at radius 2 is 1.83 bits per heavy atom. The molecule has 0 aromatic rings. The Morgan fingerprint density at radius 1 is 1.33 bits per heavy atom. The van der Waals surface area contributed by atoms with Crippen LogP contribution in [0.15, 0.2) is 0 Å². The molecular formula is C8H12O4. The van der Waals surface area contributed by atoms with E-state index in [1.54, 1.807) is 6.92 Å². The third-order valence-electron chi connectivity index (χ3n) is 1.38. The molecule has 0 radical (unpaired) electrons. The van der Waals surface area contributed by atoms with Crippen molar-refractivity contribution in [3.05, 3.63) is 0 Å². The number of rotatable bonds is 4. The first kappa shape index (κ1) is 10.8. The first-order chi connectivity index (χ1) is 5.50. The van der Waals surface area contributed by atoms with Crippen LogP contribution in [0.4, 0.5) is 0 Å². The van der Waals surface area contributed by atoms with Crippen molar-refractivity contribution in [2.45, 2.75) is 20.8 Å². The second kappa shape index (κ2) is 4.64. The number of carbonyl (C=O) groups excluding carboxylic acids is 3. The molecule has 4 nitrogen and oxygen atoms in total. The zero-order chi connectivity index (χ0) is 9.72. The number of hydrogen-bond acceptors (Lipinski definition) is 4. The largest absolute Gasteiger partial charge is 0.465 e. The average molecular weight is 172 g/mol. The molecule has 0 saturated heterocycles. The number of carbonyl (C=O) groups is 3. The fraction of sp³-hybridized carbons (Fsp3) is 0.625. The molecule has 0 N–H and O–H groups in total. The summed E-state index contributed by atoms with van der Waals surface area (Å²) in [6.45, 7) is 4.36. The van der Waals surface area contributed by atoms with Crippen LogP contribution in [0.2, 0.25) is 0 Å². The van der Waals surface area contributed by atoms with Gasteiger partial charge >= 0.3 is 5.97 Å². The molecule has 68 valence electrons. The van der Waals surface area contributed by atoms with Gasteiger partial charge < -0.3 is 4.74 Å².